The number of hydrogen-bond donors (Lipinski definition) is 1. The quantitative estimate of drug-likeness (QED) is 0.412. The van der Waals surface area contributed by atoms with Gasteiger partial charge in [-0.1, -0.05) is 68.2 Å². The van der Waals surface area contributed by atoms with Crippen molar-refractivity contribution < 1.29 is 18.0 Å². The zero-order valence-electron chi connectivity index (χ0n) is 21.6. The molecule has 0 aliphatic heterocycles. The highest BCUT2D eigenvalue weighted by atomic mass is 35.5. The largest absolute Gasteiger partial charge is 0.352 e. The Morgan fingerprint density at radius 3 is 2.08 bits per heavy atom. The lowest BCUT2D eigenvalue weighted by Gasteiger charge is -2.33. The van der Waals surface area contributed by atoms with E-state index >= 15 is 0 Å². The summed E-state index contributed by atoms with van der Waals surface area (Å²) in [7, 11) is -3.83. The lowest BCUT2D eigenvalue weighted by molar-refractivity contribution is -0.139. The van der Waals surface area contributed by atoms with Gasteiger partial charge < -0.3 is 10.2 Å². The van der Waals surface area contributed by atoms with E-state index in [0.717, 1.165) is 22.5 Å². The second-order valence-corrected chi connectivity index (χ2v) is 11.9. The summed E-state index contributed by atoms with van der Waals surface area (Å²) in [6.45, 7) is 8.78. The molecule has 1 N–H and O–H groups in total. The second kappa shape index (κ2) is 12.8. The molecule has 0 spiro atoms. The molecule has 7 nitrogen and oxygen atoms in total. The van der Waals surface area contributed by atoms with Crippen LogP contribution in [-0.4, -0.2) is 50.0 Å². The average molecular weight is 557 g/mol. The van der Waals surface area contributed by atoms with E-state index in [0.29, 0.717) is 21.3 Å². The zero-order chi connectivity index (χ0) is 27.2. The molecule has 198 valence electrons. The fourth-order valence-electron chi connectivity index (χ4n) is 3.70. The Morgan fingerprint density at radius 2 is 1.56 bits per heavy atom. The molecule has 0 aliphatic rings. The molecule has 0 aliphatic carbocycles. The predicted octanol–water partition coefficient (Wildman–Crippen LogP) is 5.21. The molecular weight excluding hydrogens is 521 g/mol. The van der Waals surface area contributed by atoms with E-state index in [1.165, 1.54) is 4.90 Å². The maximum absolute atomic E-state index is 13.7. The topological polar surface area (TPSA) is 86.8 Å². The number of para-hydroxylation sites is 1. The van der Waals surface area contributed by atoms with Crippen LogP contribution in [0.4, 0.5) is 5.69 Å². The van der Waals surface area contributed by atoms with Gasteiger partial charge in [-0.05, 0) is 49.9 Å². The van der Waals surface area contributed by atoms with Gasteiger partial charge >= 0.3 is 0 Å². The van der Waals surface area contributed by atoms with Crippen molar-refractivity contribution >= 4 is 50.7 Å². The maximum Gasteiger partial charge on any atom is 0.244 e. The van der Waals surface area contributed by atoms with Crippen LogP contribution in [0.25, 0.3) is 0 Å². The Bertz CT molecular complexity index is 1170. The van der Waals surface area contributed by atoms with Gasteiger partial charge in [0, 0.05) is 28.2 Å². The van der Waals surface area contributed by atoms with Gasteiger partial charge in [0.05, 0.1) is 11.9 Å². The van der Waals surface area contributed by atoms with Crippen molar-refractivity contribution in [1.29, 1.82) is 0 Å². The normalized spacial score (nSPS) is 13.2. The number of anilines is 1. The molecule has 0 saturated carbocycles. The number of amides is 2. The summed E-state index contributed by atoms with van der Waals surface area (Å²) < 4.78 is 26.8. The standard InChI is InChI=1S/C26H35Cl2N3O4S/c1-7-18(4)29-26(33)19(5)30(15-21-22(27)12-10-13-23(21)28)25(32)16-31(36(6,34)35)24-14-9-8-11-20(24)17(2)3/h8-14,17-19H,7,15-16H2,1-6H3,(H,29,33)/t18-,19+/m1/s1. The fraction of sp³-hybridized carbons (Fsp3) is 0.462. The van der Waals surface area contributed by atoms with Crippen molar-refractivity contribution in [2.45, 2.75) is 65.6 Å². The third-order valence-corrected chi connectivity index (χ3v) is 7.90. The van der Waals surface area contributed by atoms with Crippen molar-refractivity contribution in [3.63, 3.8) is 0 Å². The van der Waals surface area contributed by atoms with Crippen molar-refractivity contribution in [2.75, 3.05) is 17.1 Å². The van der Waals surface area contributed by atoms with Crippen molar-refractivity contribution in [1.82, 2.24) is 10.2 Å². The van der Waals surface area contributed by atoms with Gasteiger partial charge in [0.2, 0.25) is 21.8 Å². The number of nitrogens with one attached hydrogen (secondary N) is 1. The summed E-state index contributed by atoms with van der Waals surface area (Å²) in [5.41, 5.74) is 1.70. The Morgan fingerprint density at radius 1 is 0.972 bits per heavy atom. The number of carbonyl (C=O) groups is 2. The smallest absolute Gasteiger partial charge is 0.244 e. The van der Waals surface area contributed by atoms with Crippen LogP contribution in [0.5, 0.6) is 0 Å². The molecule has 0 fully saturated rings. The summed E-state index contributed by atoms with van der Waals surface area (Å²) in [6, 6.07) is 11.1. The lowest BCUT2D eigenvalue weighted by atomic mass is 10.0. The van der Waals surface area contributed by atoms with Crippen LogP contribution in [0.1, 0.15) is 58.1 Å². The third-order valence-electron chi connectivity index (χ3n) is 6.07. The SMILES string of the molecule is CC[C@@H](C)NC(=O)[C@H](C)N(Cc1c(Cl)cccc1Cl)C(=O)CN(c1ccccc1C(C)C)S(C)(=O)=O. The van der Waals surface area contributed by atoms with Crippen LogP contribution in [0.15, 0.2) is 42.5 Å². The summed E-state index contributed by atoms with van der Waals surface area (Å²) in [5, 5.41) is 3.58. The van der Waals surface area contributed by atoms with Crippen LogP contribution < -0.4 is 9.62 Å². The van der Waals surface area contributed by atoms with Crippen LogP contribution in [0, 0.1) is 0 Å². The molecule has 2 rings (SSSR count). The van der Waals surface area contributed by atoms with Crippen LogP contribution in [0.2, 0.25) is 10.0 Å². The minimum atomic E-state index is -3.83. The van der Waals surface area contributed by atoms with Gasteiger partial charge in [-0.15, -0.1) is 0 Å². The molecule has 0 heterocycles. The molecule has 36 heavy (non-hydrogen) atoms. The van der Waals surface area contributed by atoms with E-state index in [-0.39, 0.29) is 24.4 Å². The molecule has 0 radical (unpaired) electrons. The number of sulfonamides is 1. The Hall–Kier alpha value is -2.29. The van der Waals surface area contributed by atoms with Crippen LogP contribution >= 0.6 is 23.2 Å². The molecule has 2 amide bonds. The van der Waals surface area contributed by atoms with Gasteiger partial charge in [0.15, 0.2) is 0 Å². The monoisotopic (exact) mass is 555 g/mol. The van der Waals surface area contributed by atoms with E-state index in [1.54, 1.807) is 37.3 Å². The molecule has 2 atom stereocenters. The number of halogens is 2. The summed E-state index contributed by atoms with van der Waals surface area (Å²) in [4.78, 5) is 28.1. The van der Waals surface area contributed by atoms with Gasteiger partial charge in [-0.3, -0.25) is 13.9 Å². The first-order valence-corrected chi connectivity index (χ1v) is 14.5. The highest BCUT2D eigenvalue weighted by Crippen LogP contribution is 2.30. The summed E-state index contributed by atoms with van der Waals surface area (Å²) >= 11 is 12.7. The Balaban J connectivity index is 2.51. The number of carbonyl (C=O) groups excluding carboxylic acids is 2. The molecule has 0 unspecified atom stereocenters. The average Bonchev–Trinajstić information content (AvgIpc) is 2.80. The van der Waals surface area contributed by atoms with E-state index in [2.05, 4.69) is 5.32 Å². The first-order valence-electron chi connectivity index (χ1n) is 11.9. The third kappa shape index (κ3) is 7.60. The Kier molecular flexibility index (Phi) is 10.6. The van der Waals surface area contributed by atoms with Crippen LogP contribution in [-0.2, 0) is 26.2 Å². The highest BCUT2D eigenvalue weighted by Gasteiger charge is 2.32. The molecule has 2 aromatic carbocycles. The van der Waals surface area contributed by atoms with Crippen molar-refractivity contribution in [3.8, 4) is 0 Å². The lowest BCUT2D eigenvalue weighted by Crippen LogP contribution is -2.52. The van der Waals surface area contributed by atoms with Gasteiger partial charge in [-0.2, -0.15) is 0 Å². The van der Waals surface area contributed by atoms with Gasteiger partial charge in [0.1, 0.15) is 12.6 Å². The highest BCUT2D eigenvalue weighted by molar-refractivity contribution is 7.92. The minimum absolute atomic E-state index is 0.0267. The maximum atomic E-state index is 13.7. The van der Waals surface area contributed by atoms with E-state index in [4.69, 9.17) is 23.2 Å². The number of rotatable bonds is 11. The van der Waals surface area contributed by atoms with Gasteiger partial charge in [-0.25, -0.2) is 8.42 Å². The zero-order valence-corrected chi connectivity index (χ0v) is 23.9. The molecule has 0 saturated heterocycles. The predicted molar refractivity (Wildman–Crippen MR) is 147 cm³/mol. The number of nitrogens with zero attached hydrogens (tertiary/aromatic N) is 2. The summed E-state index contributed by atoms with van der Waals surface area (Å²) in [5.74, 6) is -0.880. The molecule has 10 heteroatoms. The number of benzene rings is 2. The van der Waals surface area contributed by atoms with Crippen molar-refractivity contribution in [3.05, 3.63) is 63.6 Å². The molecule has 2 aromatic rings. The van der Waals surface area contributed by atoms with Crippen molar-refractivity contribution in [2.24, 2.45) is 0 Å². The minimum Gasteiger partial charge on any atom is -0.352 e. The molecule has 0 bridgehead atoms. The first kappa shape index (κ1) is 29.9. The Labute approximate surface area is 224 Å². The summed E-state index contributed by atoms with van der Waals surface area (Å²) in [6.07, 6.45) is 1.78. The second-order valence-electron chi connectivity index (χ2n) is 9.20. The molecule has 0 aromatic heterocycles. The van der Waals surface area contributed by atoms with Crippen LogP contribution in [0.3, 0.4) is 0 Å². The fourth-order valence-corrected chi connectivity index (χ4v) is 5.08. The molecular formula is C26H35Cl2N3O4S. The van der Waals surface area contributed by atoms with E-state index in [9.17, 15) is 18.0 Å². The van der Waals surface area contributed by atoms with E-state index < -0.39 is 28.5 Å². The first-order chi connectivity index (χ1) is 16.8. The van der Waals surface area contributed by atoms with E-state index in [1.807, 2.05) is 39.8 Å². The van der Waals surface area contributed by atoms with Gasteiger partial charge in [0.25, 0.3) is 0 Å². The number of hydrogen-bond acceptors (Lipinski definition) is 4.